The fourth-order valence-corrected chi connectivity index (χ4v) is 3.55. The number of nitrogens with zero attached hydrogens (tertiary/aromatic N) is 1. The Kier molecular flexibility index (Phi) is 2.97. The van der Waals surface area contributed by atoms with Gasteiger partial charge in [-0.3, -0.25) is 4.31 Å². The van der Waals surface area contributed by atoms with Crippen LogP contribution in [-0.4, -0.2) is 21.2 Å². The van der Waals surface area contributed by atoms with E-state index in [4.69, 9.17) is 0 Å². The third kappa shape index (κ3) is 2.26. The fraction of sp³-hybridized carbons (Fsp3) is 0.571. The van der Waals surface area contributed by atoms with Crippen molar-refractivity contribution >= 4 is 15.7 Å². The van der Waals surface area contributed by atoms with Gasteiger partial charge in [0.1, 0.15) is 0 Å². The number of fused-ring (bicyclic) bond motifs is 1. The van der Waals surface area contributed by atoms with Crippen LogP contribution in [0.3, 0.4) is 0 Å². The van der Waals surface area contributed by atoms with Gasteiger partial charge in [0.05, 0.1) is 11.9 Å². The molecule has 0 spiro atoms. The first-order valence-electron chi connectivity index (χ1n) is 6.22. The number of hydrogen-bond donors (Lipinski definition) is 0. The molecule has 2 rings (SSSR count). The van der Waals surface area contributed by atoms with E-state index < -0.39 is 10.0 Å². The van der Waals surface area contributed by atoms with E-state index in [0.717, 1.165) is 23.2 Å². The van der Waals surface area contributed by atoms with Crippen LogP contribution in [0.1, 0.15) is 37.5 Å². The van der Waals surface area contributed by atoms with Crippen molar-refractivity contribution in [2.75, 3.05) is 17.1 Å². The van der Waals surface area contributed by atoms with Crippen molar-refractivity contribution in [2.45, 2.75) is 39.5 Å². The molecule has 0 amide bonds. The van der Waals surface area contributed by atoms with Gasteiger partial charge in [-0.2, -0.15) is 0 Å². The molecule has 0 radical (unpaired) electrons. The molecule has 0 unspecified atom stereocenters. The lowest BCUT2D eigenvalue weighted by atomic mass is 9.84. The molecule has 0 aromatic heterocycles. The normalized spacial score (nSPS) is 15.9. The van der Waals surface area contributed by atoms with Crippen LogP contribution in [0.2, 0.25) is 0 Å². The number of sulfonamides is 1. The summed E-state index contributed by atoms with van der Waals surface area (Å²) in [5.41, 5.74) is 4.35. The van der Waals surface area contributed by atoms with Gasteiger partial charge < -0.3 is 0 Å². The first kappa shape index (κ1) is 13.4. The fourth-order valence-electron chi connectivity index (χ4n) is 2.58. The Morgan fingerprint density at radius 1 is 1.22 bits per heavy atom. The summed E-state index contributed by atoms with van der Waals surface area (Å²) in [7, 11) is -3.18. The van der Waals surface area contributed by atoms with Crippen molar-refractivity contribution in [3.63, 3.8) is 0 Å². The molecule has 0 saturated carbocycles. The standard InChI is InChI=1S/C14H21NO2S/c1-10-8-11-6-7-15(18(5,16)17)13(11)12(9-10)14(2,3)4/h8-9H,6-7H2,1-5H3. The lowest BCUT2D eigenvalue weighted by Gasteiger charge is -2.27. The minimum absolute atomic E-state index is 0.0522. The number of rotatable bonds is 1. The predicted octanol–water partition coefficient (Wildman–Crippen LogP) is 2.61. The van der Waals surface area contributed by atoms with Crippen LogP contribution >= 0.6 is 0 Å². The van der Waals surface area contributed by atoms with Gasteiger partial charge in [0, 0.05) is 6.54 Å². The molecule has 0 aliphatic carbocycles. The Balaban J connectivity index is 2.71. The molecule has 0 N–H and O–H groups in total. The molecular formula is C14H21NO2S. The van der Waals surface area contributed by atoms with E-state index in [0.29, 0.717) is 6.54 Å². The van der Waals surface area contributed by atoms with Crippen LogP contribution < -0.4 is 4.31 Å². The lowest BCUT2D eigenvalue weighted by Crippen LogP contribution is -2.30. The van der Waals surface area contributed by atoms with E-state index in [2.05, 4.69) is 39.8 Å². The minimum atomic E-state index is -3.18. The summed E-state index contributed by atoms with van der Waals surface area (Å²) < 4.78 is 25.3. The van der Waals surface area contributed by atoms with E-state index in [9.17, 15) is 8.42 Å². The van der Waals surface area contributed by atoms with Crippen LogP contribution in [0.15, 0.2) is 12.1 Å². The molecule has 0 atom stereocenters. The van der Waals surface area contributed by atoms with Crippen molar-refractivity contribution in [3.05, 3.63) is 28.8 Å². The van der Waals surface area contributed by atoms with E-state index in [1.54, 1.807) is 4.31 Å². The molecule has 0 bridgehead atoms. The third-order valence-electron chi connectivity index (χ3n) is 3.38. The van der Waals surface area contributed by atoms with Crippen molar-refractivity contribution < 1.29 is 8.42 Å². The largest absolute Gasteiger partial charge is 0.270 e. The Hall–Kier alpha value is -1.03. The Labute approximate surface area is 110 Å². The maximum Gasteiger partial charge on any atom is 0.232 e. The quantitative estimate of drug-likeness (QED) is 0.784. The van der Waals surface area contributed by atoms with Gasteiger partial charge in [-0.05, 0) is 29.9 Å². The van der Waals surface area contributed by atoms with Gasteiger partial charge in [-0.1, -0.05) is 38.5 Å². The van der Waals surface area contributed by atoms with Crippen LogP contribution in [0.25, 0.3) is 0 Å². The van der Waals surface area contributed by atoms with Gasteiger partial charge >= 0.3 is 0 Å². The summed E-state index contributed by atoms with van der Waals surface area (Å²) in [6, 6.07) is 4.22. The first-order valence-corrected chi connectivity index (χ1v) is 8.07. The van der Waals surface area contributed by atoms with Crippen molar-refractivity contribution in [3.8, 4) is 0 Å². The van der Waals surface area contributed by atoms with Gasteiger partial charge in [-0.25, -0.2) is 8.42 Å². The summed E-state index contributed by atoms with van der Waals surface area (Å²) in [5, 5.41) is 0. The highest BCUT2D eigenvalue weighted by Gasteiger charge is 2.32. The molecule has 1 heterocycles. The van der Waals surface area contributed by atoms with Crippen molar-refractivity contribution in [2.24, 2.45) is 0 Å². The van der Waals surface area contributed by atoms with Crippen LogP contribution in [0, 0.1) is 6.92 Å². The predicted molar refractivity (Wildman–Crippen MR) is 75.8 cm³/mol. The highest BCUT2D eigenvalue weighted by molar-refractivity contribution is 7.92. The zero-order chi connectivity index (χ0) is 13.7. The average Bonchev–Trinajstić information content (AvgIpc) is 2.57. The molecule has 1 aliphatic rings. The van der Waals surface area contributed by atoms with E-state index in [1.807, 2.05) is 0 Å². The third-order valence-corrected chi connectivity index (χ3v) is 4.54. The van der Waals surface area contributed by atoms with E-state index in [1.165, 1.54) is 11.8 Å². The van der Waals surface area contributed by atoms with Gasteiger partial charge in [0.25, 0.3) is 0 Å². The SMILES string of the molecule is Cc1cc2c(c(C(C)(C)C)c1)N(S(C)(=O)=O)CC2. The zero-order valence-corrected chi connectivity index (χ0v) is 12.6. The highest BCUT2D eigenvalue weighted by Crippen LogP contribution is 2.40. The second kappa shape index (κ2) is 3.98. The number of anilines is 1. The molecule has 4 heteroatoms. The molecular weight excluding hydrogens is 246 g/mol. The molecule has 3 nitrogen and oxygen atoms in total. The monoisotopic (exact) mass is 267 g/mol. The van der Waals surface area contributed by atoms with Gasteiger partial charge in [0.15, 0.2) is 0 Å². The van der Waals surface area contributed by atoms with E-state index in [-0.39, 0.29) is 5.41 Å². The van der Waals surface area contributed by atoms with Crippen LogP contribution in [-0.2, 0) is 21.9 Å². The first-order chi connectivity index (χ1) is 8.10. The molecule has 0 fully saturated rings. The maximum atomic E-state index is 11.9. The topological polar surface area (TPSA) is 37.4 Å². The van der Waals surface area contributed by atoms with Crippen LogP contribution in [0.4, 0.5) is 5.69 Å². The number of hydrogen-bond acceptors (Lipinski definition) is 2. The molecule has 0 saturated heterocycles. The molecule has 1 aromatic carbocycles. The van der Waals surface area contributed by atoms with Crippen LogP contribution in [0.5, 0.6) is 0 Å². The van der Waals surface area contributed by atoms with Crippen molar-refractivity contribution in [1.29, 1.82) is 0 Å². The lowest BCUT2D eigenvalue weighted by molar-refractivity contribution is 0.586. The number of aryl methyl sites for hydroxylation is 1. The highest BCUT2D eigenvalue weighted by atomic mass is 32.2. The summed E-state index contributed by atoms with van der Waals surface area (Å²) >= 11 is 0. The van der Waals surface area contributed by atoms with Gasteiger partial charge in [0.2, 0.25) is 10.0 Å². The molecule has 1 aromatic rings. The summed E-state index contributed by atoms with van der Waals surface area (Å²) in [6.45, 7) is 9.02. The smallest absolute Gasteiger partial charge is 0.232 e. The van der Waals surface area contributed by atoms with Gasteiger partial charge in [-0.15, -0.1) is 0 Å². The Morgan fingerprint density at radius 3 is 2.33 bits per heavy atom. The van der Waals surface area contributed by atoms with Crippen molar-refractivity contribution in [1.82, 2.24) is 0 Å². The number of benzene rings is 1. The molecule has 18 heavy (non-hydrogen) atoms. The zero-order valence-electron chi connectivity index (χ0n) is 11.7. The Bertz CT molecular complexity index is 583. The second-order valence-corrected chi connectivity index (χ2v) is 8.06. The summed E-state index contributed by atoms with van der Waals surface area (Å²) in [4.78, 5) is 0. The Morgan fingerprint density at radius 2 is 1.83 bits per heavy atom. The summed E-state index contributed by atoms with van der Waals surface area (Å²) in [6.07, 6.45) is 2.10. The second-order valence-electron chi connectivity index (χ2n) is 6.16. The average molecular weight is 267 g/mol. The molecule has 1 aliphatic heterocycles. The van der Waals surface area contributed by atoms with E-state index >= 15 is 0 Å². The molecule has 100 valence electrons. The maximum absolute atomic E-state index is 11.9. The summed E-state index contributed by atoms with van der Waals surface area (Å²) in [5.74, 6) is 0. The minimum Gasteiger partial charge on any atom is -0.270 e.